The molecule has 0 aliphatic rings. The van der Waals surface area contributed by atoms with Gasteiger partial charge in [-0.05, 0) is 13.0 Å². The lowest BCUT2D eigenvalue weighted by Crippen LogP contribution is -2.38. The number of carboxylic acids is 1. The van der Waals surface area contributed by atoms with Crippen molar-refractivity contribution < 1.29 is 19.8 Å². The van der Waals surface area contributed by atoms with E-state index in [0.717, 1.165) is 0 Å². The van der Waals surface area contributed by atoms with Crippen molar-refractivity contribution in [2.24, 2.45) is 0 Å². The monoisotopic (exact) mass is 210 g/mol. The summed E-state index contributed by atoms with van der Waals surface area (Å²) in [5, 5.41) is 19.8. The maximum absolute atomic E-state index is 11.4. The molecule has 0 saturated carbocycles. The van der Waals surface area contributed by atoms with Gasteiger partial charge in [-0.25, -0.2) is 0 Å². The molecule has 1 atom stereocenters. The van der Waals surface area contributed by atoms with Gasteiger partial charge in [-0.2, -0.15) is 0 Å². The Labute approximate surface area is 85.6 Å². The van der Waals surface area contributed by atoms with Gasteiger partial charge in [-0.3, -0.25) is 14.6 Å². The van der Waals surface area contributed by atoms with Crippen LogP contribution >= 0.6 is 0 Å². The van der Waals surface area contributed by atoms with E-state index >= 15 is 0 Å². The lowest BCUT2D eigenvalue weighted by atomic mass is 10.2. The largest absolute Gasteiger partial charge is 0.506 e. The van der Waals surface area contributed by atoms with Gasteiger partial charge in [0.1, 0.15) is 11.8 Å². The summed E-state index contributed by atoms with van der Waals surface area (Å²) in [6.07, 6.45) is 2.42. The van der Waals surface area contributed by atoms with Crippen LogP contribution in [0.4, 0.5) is 0 Å². The number of carbonyl (C=O) groups is 2. The second kappa shape index (κ2) is 4.41. The highest BCUT2D eigenvalue weighted by Crippen LogP contribution is 2.08. The van der Waals surface area contributed by atoms with Gasteiger partial charge < -0.3 is 15.5 Å². The van der Waals surface area contributed by atoms with Crippen LogP contribution in [0.5, 0.6) is 5.75 Å². The molecule has 1 rings (SSSR count). The Balaban J connectivity index is 2.73. The number of nitrogens with one attached hydrogen (secondary N) is 1. The molecule has 1 amide bonds. The molecule has 0 radical (unpaired) electrons. The number of hydrogen-bond donors (Lipinski definition) is 3. The lowest BCUT2D eigenvalue weighted by Gasteiger charge is -2.08. The molecule has 0 spiro atoms. The van der Waals surface area contributed by atoms with E-state index < -0.39 is 17.9 Å². The zero-order valence-electron chi connectivity index (χ0n) is 7.97. The normalized spacial score (nSPS) is 11.8. The molecule has 15 heavy (non-hydrogen) atoms. The number of aliphatic carboxylic acids is 1. The molecule has 1 unspecified atom stereocenters. The van der Waals surface area contributed by atoms with E-state index in [-0.39, 0.29) is 11.3 Å². The second-order valence-electron chi connectivity index (χ2n) is 2.97. The molecule has 3 N–H and O–H groups in total. The van der Waals surface area contributed by atoms with Gasteiger partial charge >= 0.3 is 5.97 Å². The van der Waals surface area contributed by atoms with Crippen molar-refractivity contribution in [3.8, 4) is 5.75 Å². The third kappa shape index (κ3) is 2.94. The van der Waals surface area contributed by atoms with Gasteiger partial charge in [0.05, 0.1) is 11.8 Å². The SMILES string of the molecule is CC(NC(=O)c1cncc(O)c1)C(=O)O. The summed E-state index contributed by atoms with van der Waals surface area (Å²) < 4.78 is 0. The summed E-state index contributed by atoms with van der Waals surface area (Å²) in [6, 6.07) is 0.219. The zero-order chi connectivity index (χ0) is 11.4. The van der Waals surface area contributed by atoms with Gasteiger partial charge in [0.25, 0.3) is 5.91 Å². The van der Waals surface area contributed by atoms with Crippen molar-refractivity contribution in [3.05, 3.63) is 24.0 Å². The minimum Gasteiger partial charge on any atom is -0.506 e. The maximum atomic E-state index is 11.4. The van der Waals surface area contributed by atoms with Crippen molar-refractivity contribution in [1.29, 1.82) is 0 Å². The Morgan fingerprint density at radius 3 is 2.67 bits per heavy atom. The number of amides is 1. The van der Waals surface area contributed by atoms with Crippen LogP contribution in [0, 0.1) is 0 Å². The number of aromatic nitrogens is 1. The van der Waals surface area contributed by atoms with Crippen molar-refractivity contribution in [3.63, 3.8) is 0 Å². The first-order chi connectivity index (χ1) is 7.00. The molecule has 6 nitrogen and oxygen atoms in total. The first-order valence-corrected chi connectivity index (χ1v) is 4.18. The number of carboxylic acid groups (broad SMARTS) is 1. The van der Waals surface area contributed by atoms with Crippen LogP contribution in [-0.4, -0.2) is 33.1 Å². The fourth-order valence-electron chi connectivity index (χ4n) is 0.894. The Bertz CT molecular complexity index is 391. The van der Waals surface area contributed by atoms with Gasteiger partial charge in [0, 0.05) is 6.20 Å². The third-order valence-corrected chi connectivity index (χ3v) is 1.70. The second-order valence-corrected chi connectivity index (χ2v) is 2.97. The summed E-state index contributed by atoms with van der Waals surface area (Å²) in [7, 11) is 0. The van der Waals surface area contributed by atoms with E-state index in [0.29, 0.717) is 0 Å². The van der Waals surface area contributed by atoms with E-state index in [1.54, 1.807) is 0 Å². The summed E-state index contributed by atoms with van der Waals surface area (Å²) >= 11 is 0. The average molecular weight is 210 g/mol. The van der Waals surface area contributed by atoms with E-state index in [1.807, 2.05) is 0 Å². The first-order valence-electron chi connectivity index (χ1n) is 4.18. The van der Waals surface area contributed by atoms with Crippen molar-refractivity contribution in [2.45, 2.75) is 13.0 Å². The Kier molecular flexibility index (Phi) is 3.22. The molecule has 80 valence electrons. The minimum absolute atomic E-state index is 0.114. The number of pyridine rings is 1. The number of rotatable bonds is 3. The van der Waals surface area contributed by atoms with Crippen LogP contribution < -0.4 is 5.32 Å². The highest BCUT2D eigenvalue weighted by molar-refractivity contribution is 5.96. The Morgan fingerprint density at radius 2 is 2.13 bits per heavy atom. The summed E-state index contributed by atoms with van der Waals surface area (Å²) in [4.78, 5) is 25.4. The molecule has 0 aliphatic carbocycles. The fourth-order valence-corrected chi connectivity index (χ4v) is 0.894. The number of nitrogens with zero attached hydrogens (tertiary/aromatic N) is 1. The molecule has 0 saturated heterocycles. The van der Waals surface area contributed by atoms with Crippen molar-refractivity contribution >= 4 is 11.9 Å². The van der Waals surface area contributed by atoms with E-state index in [4.69, 9.17) is 10.2 Å². The van der Waals surface area contributed by atoms with Crippen LogP contribution in [0.2, 0.25) is 0 Å². The Morgan fingerprint density at radius 1 is 1.47 bits per heavy atom. The van der Waals surface area contributed by atoms with Gasteiger partial charge in [-0.15, -0.1) is 0 Å². The highest BCUT2D eigenvalue weighted by Gasteiger charge is 2.15. The van der Waals surface area contributed by atoms with Crippen molar-refractivity contribution in [1.82, 2.24) is 10.3 Å². The Hall–Kier alpha value is -2.11. The molecular weight excluding hydrogens is 200 g/mol. The number of aromatic hydroxyl groups is 1. The van der Waals surface area contributed by atoms with Crippen LogP contribution in [0.3, 0.4) is 0 Å². The third-order valence-electron chi connectivity index (χ3n) is 1.70. The van der Waals surface area contributed by atoms with Crippen LogP contribution in [0.15, 0.2) is 18.5 Å². The standard InChI is InChI=1S/C9H10N2O4/c1-5(9(14)15)11-8(13)6-2-7(12)4-10-3-6/h2-5,12H,1H3,(H,11,13)(H,14,15). The average Bonchev–Trinajstić information content (AvgIpc) is 2.17. The topological polar surface area (TPSA) is 99.5 Å². The number of hydrogen-bond acceptors (Lipinski definition) is 4. The van der Waals surface area contributed by atoms with Crippen LogP contribution in [0.1, 0.15) is 17.3 Å². The molecule has 0 aromatic carbocycles. The van der Waals surface area contributed by atoms with E-state index in [1.165, 1.54) is 25.4 Å². The molecule has 6 heteroatoms. The predicted molar refractivity (Wildman–Crippen MR) is 50.5 cm³/mol. The molecular formula is C9H10N2O4. The molecule has 0 aliphatic heterocycles. The van der Waals surface area contributed by atoms with Crippen molar-refractivity contribution in [2.75, 3.05) is 0 Å². The summed E-state index contributed by atoms with van der Waals surface area (Å²) in [5.41, 5.74) is 0.114. The lowest BCUT2D eigenvalue weighted by molar-refractivity contribution is -0.138. The molecule has 0 fully saturated rings. The van der Waals surface area contributed by atoms with Gasteiger partial charge in [0.2, 0.25) is 0 Å². The zero-order valence-corrected chi connectivity index (χ0v) is 7.97. The molecule has 1 aromatic heterocycles. The van der Waals surface area contributed by atoms with Crippen LogP contribution in [-0.2, 0) is 4.79 Å². The summed E-state index contributed by atoms with van der Waals surface area (Å²) in [6.45, 7) is 1.34. The smallest absolute Gasteiger partial charge is 0.325 e. The maximum Gasteiger partial charge on any atom is 0.325 e. The fraction of sp³-hybridized carbons (Fsp3) is 0.222. The molecule has 1 aromatic rings. The quantitative estimate of drug-likeness (QED) is 0.651. The van der Waals surface area contributed by atoms with Crippen LogP contribution in [0.25, 0.3) is 0 Å². The van der Waals surface area contributed by atoms with Gasteiger partial charge in [0.15, 0.2) is 0 Å². The number of carbonyl (C=O) groups excluding carboxylic acids is 1. The highest BCUT2D eigenvalue weighted by atomic mass is 16.4. The molecule has 0 bridgehead atoms. The first kappa shape index (κ1) is 11.0. The minimum atomic E-state index is -1.13. The molecule has 1 heterocycles. The predicted octanol–water partition coefficient (Wildman–Crippen LogP) is -0.00990. The van der Waals surface area contributed by atoms with Gasteiger partial charge in [-0.1, -0.05) is 0 Å². The van der Waals surface area contributed by atoms with E-state index in [9.17, 15) is 9.59 Å². The van der Waals surface area contributed by atoms with E-state index in [2.05, 4.69) is 10.3 Å². The summed E-state index contributed by atoms with van der Waals surface area (Å²) in [5.74, 6) is -1.87.